The molecule has 0 saturated carbocycles. The molecule has 0 bridgehead atoms. The summed E-state index contributed by atoms with van der Waals surface area (Å²) in [7, 11) is -1.85. The van der Waals surface area contributed by atoms with Gasteiger partial charge in [0, 0.05) is 12.6 Å². The maximum Gasteiger partial charge on any atom is 0.243 e. The van der Waals surface area contributed by atoms with E-state index in [0.717, 1.165) is 29.7 Å². The lowest BCUT2D eigenvalue weighted by molar-refractivity contribution is 0.373. The third-order valence-corrected chi connectivity index (χ3v) is 7.53. The minimum absolute atomic E-state index is 0.0166. The van der Waals surface area contributed by atoms with Gasteiger partial charge in [-0.15, -0.1) is 0 Å². The molecule has 2 aromatic carbocycles. The second-order valence-corrected chi connectivity index (χ2v) is 9.72. The summed E-state index contributed by atoms with van der Waals surface area (Å²) in [5, 5.41) is 0. The number of rotatable bonds is 6. The molecule has 0 radical (unpaired) electrons. The fourth-order valence-corrected chi connectivity index (χ4v) is 5.46. The van der Waals surface area contributed by atoms with E-state index in [0.29, 0.717) is 23.3 Å². The molecular formula is C22H29NO3S. The average Bonchev–Trinajstić information content (AvgIpc) is 3.08. The zero-order valence-corrected chi connectivity index (χ0v) is 17.4. The summed E-state index contributed by atoms with van der Waals surface area (Å²) >= 11 is 0. The van der Waals surface area contributed by atoms with Gasteiger partial charge in [-0.1, -0.05) is 43.7 Å². The van der Waals surface area contributed by atoms with E-state index < -0.39 is 10.0 Å². The highest BCUT2D eigenvalue weighted by atomic mass is 32.2. The molecule has 0 amide bonds. The van der Waals surface area contributed by atoms with Crippen LogP contribution >= 0.6 is 0 Å². The molecular weight excluding hydrogens is 358 g/mol. The van der Waals surface area contributed by atoms with Gasteiger partial charge in [-0.25, -0.2) is 8.42 Å². The first-order valence-corrected chi connectivity index (χ1v) is 11.0. The molecule has 2 unspecified atom stereocenters. The topological polar surface area (TPSA) is 46.6 Å². The standard InChI is InChI=1S/C22H29NO3S/c1-16(2)19-14-20(13-18-7-9-21(26-4)10-8-18)23(15-19)27(24,25)22-11-5-17(3)6-12-22/h5-12,16,19-20H,13-15H2,1-4H3. The summed E-state index contributed by atoms with van der Waals surface area (Å²) in [4.78, 5) is 0.386. The molecule has 0 spiro atoms. The Morgan fingerprint density at radius 3 is 2.26 bits per heavy atom. The van der Waals surface area contributed by atoms with Gasteiger partial charge in [-0.05, 0) is 61.4 Å². The summed E-state index contributed by atoms with van der Waals surface area (Å²) in [6, 6.07) is 15.1. The number of benzene rings is 2. The highest BCUT2D eigenvalue weighted by Gasteiger charge is 2.40. The summed E-state index contributed by atoms with van der Waals surface area (Å²) in [6.07, 6.45) is 1.62. The van der Waals surface area contributed by atoms with Crippen LogP contribution in [0.15, 0.2) is 53.4 Å². The Kier molecular flexibility index (Phi) is 5.92. The van der Waals surface area contributed by atoms with E-state index in [-0.39, 0.29) is 6.04 Å². The Morgan fingerprint density at radius 2 is 1.70 bits per heavy atom. The number of hydrogen-bond donors (Lipinski definition) is 0. The van der Waals surface area contributed by atoms with Gasteiger partial charge < -0.3 is 4.74 Å². The number of ether oxygens (including phenoxy) is 1. The smallest absolute Gasteiger partial charge is 0.243 e. The van der Waals surface area contributed by atoms with E-state index in [2.05, 4.69) is 13.8 Å². The number of aryl methyl sites for hydroxylation is 1. The molecule has 1 fully saturated rings. The summed E-state index contributed by atoms with van der Waals surface area (Å²) in [6.45, 7) is 6.91. The van der Waals surface area contributed by atoms with E-state index >= 15 is 0 Å². The predicted octanol–water partition coefficient (Wildman–Crippen LogP) is 4.28. The molecule has 27 heavy (non-hydrogen) atoms. The third-order valence-electron chi connectivity index (χ3n) is 5.60. The van der Waals surface area contributed by atoms with Crippen molar-refractivity contribution in [2.24, 2.45) is 11.8 Å². The van der Waals surface area contributed by atoms with Gasteiger partial charge in [0.25, 0.3) is 0 Å². The molecule has 1 saturated heterocycles. The van der Waals surface area contributed by atoms with Gasteiger partial charge in [-0.2, -0.15) is 4.31 Å². The third kappa shape index (κ3) is 4.36. The molecule has 5 heteroatoms. The van der Waals surface area contributed by atoms with Gasteiger partial charge in [0.2, 0.25) is 10.0 Å². The minimum Gasteiger partial charge on any atom is -0.497 e. The van der Waals surface area contributed by atoms with Gasteiger partial charge in [0.05, 0.1) is 12.0 Å². The van der Waals surface area contributed by atoms with Crippen LogP contribution in [0.25, 0.3) is 0 Å². The van der Waals surface area contributed by atoms with Crippen LogP contribution in [0.5, 0.6) is 5.75 Å². The first-order valence-electron chi connectivity index (χ1n) is 9.52. The van der Waals surface area contributed by atoms with Crippen LogP contribution in [0.4, 0.5) is 0 Å². The fourth-order valence-electron chi connectivity index (χ4n) is 3.76. The monoisotopic (exact) mass is 387 g/mol. The van der Waals surface area contributed by atoms with Crippen molar-refractivity contribution in [3.8, 4) is 5.75 Å². The molecule has 3 rings (SSSR count). The Bertz CT molecular complexity index is 857. The van der Waals surface area contributed by atoms with Crippen LogP contribution in [0, 0.1) is 18.8 Å². The second-order valence-electron chi connectivity index (χ2n) is 7.83. The van der Waals surface area contributed by atoms with E-state index in [4.69, 9.17) is 4.74 Å². The first-order chi connectivity index (χ1) is 12.8. The molecule has 0 aromatic heterocycles. The van der Waals surface area contributed by atoms with Crippen LogP contribution < -0.4 is 4.74 Å². The van der Waals surface area contributed by atoms with Crippen LogP contribution in [0.1, 0.15) is 31.4 Å². The quantitative estimate of drug-likeness (QED) is 0.743. The second kappa shape index (κ2) is 8.03. The lowest BCUT2D eigenvalue weighted by Gasteiger charge is -2.24. The Balaban J connectivity index is 1.88. The van der Waals surface area contributed by atoms with Crippen molar-refractivity contribution in [3.63, 3.8) is 0 Å². The van der Waals surface area contributed by atoms with E-state index in [1.54, 1.807) is 23.5 Å². The zero-order valence-electron chi connectivity index (χ0n) is 16.6. The Labute approximate surface area is 163 Å². The number of sulfonamides is 1. The molecule has 2 aromatic rings. The van der Waals surface area contributed by atoms with Crippen LogP contribution in [-0.4, -0.2) is 32.4 Å². The van der Waals surface area contributed by atoms with E-state index in [9.17, 15) is 8.42 Å². The van der Waals surface area contributed by atoms with Crippen LogP contribution in [0.2, 0.25) is 0 Å². The first kappa shape index (κ1) is 19.9. The van der Waals surface area contributed by atoms with Crippen molar-refractivity contribution in [2.45, 2.75) is 44.6 Å². The molecule has 1 heterocycles. The van der Waals surface area contributed by atoms with Gasteiger partial charge >= 0.3 is 0 Å². The average molecular weight is 388 g/mol. The maximum absolute atomic E-state index is 13.3. The van der Waals surface area contributed by atoms with Crippen molar-refractivity contribution in [1.29, 1.82) is 0 Å². The lowest BCUT2D eigenvalue weighted by atomic mass is 9.92. The molecule has 1 aliphatic heterocycles. The molecule has 0 aliphatic carbocycles. The molecule has 146 valence electrons. The normalized spacial score (nSPS) is 20.9. The molecule has 0 N–H and O–H groups in total. The fraction of sp³-hybridized carbons (Fsp3) is 0.455. The number of hydrogen-bond acceptors (Lipinski definition) is 3. The molecule has 4 nitrogen and oxygen atoms in total. The Hall–Kier alpha value is -1.85. The molecule has 2 atom stereocenters. The van der Waals surface area contributed by atoms with Crippen molar-refractivity contribution >= 4 is 10.0 Å². The largest absolute Gasteiger partial charge is 0.497 e. The van der Waals surface area contributed by atoms with Crippen molar-refractivity contribution in [3.05, 3.63) is 59.7 Å². The Morgan fingerprint density at radius 1 is 1.07 bits per heavy atom. The maximum atomic E-state index is 13.3. The highest BCUT2D eigenvalue weighted by molar-refractivity contribution is 7.89. The molecule has 1 aliphatic rings. The van der Waals surface area contributed by atoms with E-state index in [1.165, 1.54) is 0 Å². The lowest BCUT2D eigenvalue weighted by Crippen LogP contribution is -2.37. The number of methoxy groups -OCH3 is 1. The number of nitrogens with zero attached hydrogens (tertiary/aromatic N) is 1. The van der Waals surface area contributed by atoms with Crippen molar-refractivity contribution in [2.75, 3.05) is 13.7 Å². The van der Waals surface area contributed by atoms with Crippen LogP contribution in [0.3, 0.4) is 0 Å². The van der Waals surface area contributed by atoms with Gasteiger partial charge in [0.1, 0.15) is 5.75 Å². The van der Waals surface area contributed by atoms with Crippen LogP contribution in [-0.2, 0) is 16.4 Å². The summed E-state index contributed by atoms with van der Waals surface area (Å²) in [5.41, 5.74) is 2.19. The highest BCUT2D eigenvalue weighted by Crippen LogP contribution is 2.35. The summed E-state index contributed by atoms with van der Waals surface area (Å²) in [5.74, 6) is 1.66. The zero-order chi connectivity index (χ0) is 19.6. The predicted molar refractivity (Wildman–Crippen MR) is 109 cm³/mol. The van der Waals surface area contributed by atoms with Crippen molar-refractivity contribution in [1.82, 2.24) is 4.31 Å². The van der Waals surface area contributed by atoms with Gasteiger partial charge in [-0.3, -0.25) is 0 Å². The minimum atomic E-state index is -3.50. The van der Waals surface area contributed by atoms with E-state index in [1.807, 2.05) is 43.3 Å². The SMILES string of the molecule is COc1ccc(CC2CC(C(C)C)CN2S(=O)(=O)c2ccc(C)cc2)cc1. The summed E-state index contributed by atoms with van der Waals surface area (Å²) < 4.78 is 33.6. The van der Waals surface area contributed by atoms with Crippen molar-refractivity contribution < 1.29 is 13.2 Å². The van der Waals surface area contributed by atoms with Gasteiger partial charge in [0.15, 0.2) is 0 Å².